The van der Waals surface area contributed by atoms with Crippen LogP contribution in [0.3, 0.4) is 0 Å². The Morgan fingerprint density at radius 1 is 1.43 bits per heavy atom. The van der Waals surface area contributed by atoms with Gasteiger partial charge in [0.2, 0.25) is 0 Å². The minimum absolute atomic E-state index is 0.532. The second-order valence-electron chi connectivity index (χ2n) is 4.38. The zero-order valence-electron chi connectivity index (χ0n) is 9.21. The molecular formula is C13H18O. The van der Waals surface area contributed by atoms with Crippen LogP contribution in [0.2, 0.25) is 0 Å². The van der Waals surface area contributed by atoms with E-state index in [0.717, 1.165) is 6.61 Å². The summed E-state index contributed by atoms with van der Waals surface area (Å²) in [5, 5.41) is 0. The molecule has 1 heterocycles. The van der Waals surface area contributed by atoms with Gasteiger partial charge in [-0.05, 0) is 42.9 Å². The van der Waals surface area contributed by atoms with E-state index in [2.05, 4.69) is 39.0 Å². The van der Waals surface area contributed by atoms with Gasteiger partial charge < -0.3 is 4.74 Å². The molecule has 2 atom stereocenters. The molecule has 1 aliphatic heterocycles. The van der Waals surface area contributed by atoms with Crippen LogP contribution in [-0.2, 0) is 4.74 Å². The Hall–Kier alpha value is -0.820. The first kappa shape index (κ1) is 9.72. The van der Waals surface area contributed by atoms with E-state index >= 15 is 0 Å². The first-order valence-electron chi connectivity index (χ1n) is 5.36. The van der Waals surface area contributed by atoms with E-state index in [1.54, 1.807) is 0 Å². The average molecular weight is 190 g/mol. The summed E-state index contributed by atoms with van der Waals surface area (Å²) in [7, 11) is 0. The Morgan fingerprint density at radius 3 is 2.79 bits per heavy atom. The summed E-state index contributed by atoms with van der Waals surface area (Å²) in [5.74, 6) is 0.627. The standard InChI is InChI=1S/C13H18O/c1-9-5-4-6-13(11(9)3)10(2)7-12-8-14-12/h4-6,10,12H,7-8H2,1-3H3. The number of aryl methyl sites for hydroxylation is 1. The van der Waals surface area contributed by atoms with Gasteiger partial charge in [-0.25, -0.2) is 0 Å². The van der Waals surface area contributed by atoms with E-state index in [1.807, 2.05) is 0 Å². The normalized spacial score (nSPS) is 22.1. The molecule has 1 aliphatic rings. The lowest BCUT2D eigenvalue weighted by Crippen LogP contribution is -2.01. The van der Waals surface area contributed by atoms with Crippen molar-refractivity contribution in [1.82, 2.24) is 0 Å². The third kappa shape index (κ3) is 1.98. The van der Waals surface area contributed by atoms with Crippen LogP contribution in [0, 0.1) is 13.8 Å². The zero-order chi connectivity index (χ0) is 10.1. The van der Waals surface area contributed by atoms with Crippen LogP contribution in [-0.4, -0.2) is 12.7 Å². The quantitative estimate of drug-likeness (QED) is 0.667. The molecule has 0 radical (unpaired) electrons. The van der Waals surface area contributed by atoms with Gasteiger partial charge in [0.15, 0.2) is 0 Å². The van der Waals surface area contributed by atoms with Gasteiger partial charge in [0.05, 0.1) is 12.7 Å². The highest BCUT2D eigenvalue weighted by Crippen LogP contribution is 2.29. The van der Waals surface area contributed by atoms with Crippen molar-refractivity contribution in [2.75, 3.05) is 6.61 Å². The van der Waals surface area contributed by atoms with Gasteiger partial charge in [0.25, 0.3) is 0 Å². The summed E-state index contributed by atoms with van der Waals surface area (Å²) in [6.07, 6.45) is 1.70. The van der Waals surface area contributed by atoms with Gasteiger partial charge in [-0.1, -0.05) is 25.1 Å². The Bertz CT molecular complexity index is 326. The molecule has 1 aromatic rings. The maximum atomic E-state index is 5.27. The molecule has 1 saturated heterocycles. The Kier molecular flexibility index (Phi) is 2.60. The van der Waals surface area contributed by atoms with Gasteiger partial charge in [0.1, 0.15) is 0 Å². The lowest BCUT2D eigenvalue weighted by molar-refractivity contribution is 0.384. The van der Waals surface area contributed by atoms with Crippen LogP contribution in [0.25, 0.3) is 0 Å². The second kappa shape index (κ2) is 3.74. The SMILES string of the molecule is Cc1cccc(C(C)CC2CO2)c1C. The molecular weight excluding hydrogens is 172 g/mol. The lowest BCUT2D eigenvalue weighted by Gasteiger charge is -2.14. The molecule has 14 heavy (non-hydrogen) atoms. The summed E-state index contributed by atoms with van der Waals surface area (Å²) in [6.45, 7) is 7.66. The van der Waals surface area contributed by atoms with Crippen LogP contribution >= 0.6 is 0 Å². The predicted molar refractivity (Wildman–Crippen MR) is 58.7 cm³/mol. The molecule has 1 heteroatoms. The molecule has 0 aromatic heterocycles. The van der Waals surface area contributed by atoms with E-state index in [4.69, 9.17) is 4.74 Å². The minimum Gasteiger partial charge on any atom is -0.373 e. The highest BCUT2D eigenvalue weighted by Gasteiger charge is 2.25. The first-order valence-corrected chi connectivity index (χ1v) is 5.36. The third-order valence-electron chi connectivity index (χ3n) is 3.20. The van der Waals surface area contributed by atoms with E-state index in [1.165, 1.54) is 23.1 Å². The molecule has 2 unspecified atom stereocenters. The molecule has 0 N–H and O–H groups in total. The van der Waals surface area contributed by atoms with Gasteiger partial charge in [-0.2, -0.15) is 0 Å². The van der Waals surface area contributed by atoms with Crippen molar-refractivity contribution in [2.45, 2.75) is 39.2 Å². The average Bonchev–Trinajstić information content (AvgIpc) is 2.93. The number of epoxide rings is 1. The molecule has 0 aliphatic carbocycles. The number of hydrogen-bond donors (Lipinski definition) is 0. The van der Waals surface area contributed by atoms with Crippen molar-refractivity contribution in [3.05, 3.63) is 34.9 Å². The molecule has 0 amide bonds. The number of rotatable bonds is 3. The van der Waals surface area contributed by atoms with Crippen molar-refractivity contribution in [2.24, 2.45) is 0 Å². The highest BCUT2D eigenvalue weighted by molar-refractivity contribution is 5.35. The number of ether oxygens (including phenoxy) is 1. The molecule has 1 fully saturated rings. The summed E-state index contributed by atoms with van der Waals surface area (Å²) in [4.78, 5) is 0. The summed E-state index contributed by atoms with van der Waals surface area (Å²) < 4.78 is 5.27. The molecule has 1 aromatic carbocycles. The van der Waals surface area contributed by atoms with Crippen LogP contribution in [0.5, 0.6) is 0 Å². The Morgan fingerprint density at radius 2 is 2.14 bits per heavy atom. The van der Waals surface area contributed by atoms with Crippen molar-refractivity contribution in [1.29, 1.82) is 0 Å². The maximum Gasteiger partial charge on any atom is 0.0815 e. The van der Waals surface area contributed by atoms with Crippen LogP contribution in [0.15, 0.2) is 18.2 Å². The highest BCUT2D eigenvalue weighted by atomic mass is 16.6. The van der Waals surface area contributed by atoms with Gasteiger partial charge in [-0.3, -0.25) is 0 Å². The first-order chi connectivity index (χ1) is 6.68. The fourth-order valence-corrected chi connectivity index (χ4v) is 2.03. The molecule has 0 saturated carbocycles. The smallest absolute Gasteiger partial charge is 0.0815 e. The fourth-order valence-electron chi connectivity index (χ4n) is 2.03. The van der Waals surface area contributed by atoms with Crippen molar-refractivity contribution in [3.8, 4) is 0 Å². The van der Waals surface area contributed by atoms with Crippen molar-refractivity contribution in [3.63, 3.8) is 0 Å². The van der Waals surface area contributed by atoms with E-state index in [-0.39, 0.29) is 0 Å². The fraction of sp³-hybridized carbons (Fsp3) is 0.538. The summed E-state index contributed by atoms with van der Waals surface area (Å²) in [6, 6.07) is 6.58. The van der Waals surface area contributed by atoms with E-state index < -0.39 is 0 Å². The topological polar surface area (TPSA) is 12.5 Å². The van der Waals surface area contributed by atoms with Crippen molar-refractivity contribution >= 4 is 0 Å². The molecule has 1 nitrogen and oxygen atoms in total. The number of hydrogen-bond acceptors (Lipinski definition) is 1. The maximum absolute atomic E-state index is 5.27. The molecule has 0 bridgehead atoms. The Balaban J connectivity index is 2.16. The summed E-state index contributed by atoms with van der Waals surface area (Å²) in [5.41, 5.74) is 4.33. The van der Waals surface area contributed by atoms with Crippen LogP contribution < -0.4 is 0 Å². The molecule has 0 spiro atoms. The molecule has 2 rings (SSSR count). The second-order valence-corrected chi connectivity index (χ2v) is 4.38. The summed E-state index contributed by atoms with van der Waals surface area (Å²) >= 11 is 0. The van der Waals surface area contributed by atoms with Crippen LogP contribution in [0.4, 0.5) is 0 Å². The zero-order valence-corrected chi connectivity index (χ0v) is 9.21. The third-order valence-corrected chi connectivity index (χ3v) is 3.20. The van der Waals surface area contributed by atoms with Crippen molar-refractivity contribution < 1.29 is 4.74 Å². The lowest BCUT2D eigenvalue weighted by atomic mass is 9.90. The number of benzene rings is 1. The van der Waals surface area contributed by atoms with Gasteiger partial charge in [0, 0.05) is 0 Å². The largest absolute Gasteiger partial charge is 0.373 e. The van der Waals surface area contributed by atoms with Gasteiger partial charge in [-0.15, -0.1) is 0 Å². The monoisotopic (exact) mass is 190 g/mol. The van der Waals surface area contributed by atoms with Gasteiger partial charge >= 0.3 is 0 Å². The Labute approximate surface area is 86.1 Å². The van der Waals surface area contributed by atoms with E-state index in [9.17, 15) is 0 Å². The predicted octanol–water partition coefficient (Wildman–Crippen LogP) is 3.20. The van der Waals surface area contributed by atoms with E-state index in [0.29, 0.717) is 12.0 Å². The molecule has 76 valence electrons. The minimum atomic E-state index is 0.532. The van der Waals surface area contributed by atoms with Crippen LogP contribution in [0.1, 0.15) is 36.0 Å².